The molecule has 1 aromatic heterocycles. The largest absolute Gasteiger partial charge is 0.388 e. The van der Waals surface area contributed by atoms with Crippen LogP contribution >= 0.6 is 0 Å². The van der Waals surface area contributed by atoms with Crippen molar-refractivity contribution in [2.45, 2.75) is 12.5 Å². The molecule has 1 N–H and O–H groups in total. The van der Waals surface area contributed by atoms with Crippen LogP contribution in [0.3, 0.4) is 0 Å². The molecule has 0 bridgehead atoms. The Balaban J connectivity index is 1.95. The molecule has 0 amide bonds. The summed E-state index contributed by atoms with van der Waals surface area (Å²) < 4.78 is 26.4. The Morgan fingerprint density at radius 3 is 2.48 bits per heavy atom. The van der Waals surface area contributed by atoms with E-state index >= 15 is 0 Å². The zero-order valence-corrected chi connectivity index (χ0v) is 11.1. The highest BCUT2D eigenvalue weighted by atomic mass is 19.1. The molecule has 1 heterocycles. The summed E-state index contributed by atoms with van der Waals surface area (Å²) in [4.78, 5) is 4.23. The Hall–Kier alpha value is -2.33. The van der Waals surface area contributed by atoms with Crippen LogP contribution in [0.2, 0.25) is 0 Å². The highest BCUT2D eigenvalue weighted by Gasteiger charge is 2.13. The van der Waals surface area contributed by atoms with Gasteiger partial charge < -0.3 is 5.11 Å². The second kappa shape index (κ2) is 5.58. The first-order valence-corrected chi connectivity index (χ1v) is 6.60. The van der Waals surface area contributed by atoms with E-state index in [9.17, 15) is 13.9 Å². The van der Waals surface area contributed by atoms with E-state index in [1.54, 1.807) is 12.3 Å². The lowest BCUT2D eigenvalue weighted by molar-refractivity contribution is 0.179. The van der Waals surface area contributed by atoms with Crippen LogP contribution in [-0.4, -0.2) is 10.1 Å². The average Bonchev–Trinajstić information content (AvgIpc) is 2.45. The minimum atomic E-state index is -0.848. The summed E-state index contributed by atoms with van der Waals surface area (Å²) in [6.45, 7) is 0. The number of para-hydroxylation sites is 1. The standard InChI is InChI=1S/C17H13F2NO/c18-12-7-11(8-13(19)10-12)9-17(21)15-5-6-20-16-4-2-1-3-14(15)16/h1-8,10,17,21H,9H2. The Morgan fingerprint density at radius 2 is 1.71 bits per heavy atom. The second-order valence-corrected chi connectivity index (χ2v) is 4.91. The summed E-state index contributed by atoms with van der Waals surface area (Å²) in [6.07, 6.45) is 0.912. The fourth-order valence-electron chi connectivity index (χ4n) is 2.47. The average molecular weight is 285 g/mol. The molecule has 21 heavy (non-hydrogen) atoms. The van der Waals surface area contributed by atoms with Crippen molar-refractivity contribution in [1.82, 2.24) is 4.98 Å². The van der Waals surface area contributed by atoms with Gasteiger partial charge in [0.05, 0.1) is 11.6 Å². The van der Waals surface area contributed by atoms with Gasteiger partial charge in [0.25, 0.3) is 0 Å². The zero-order chi connectivity index (χ0) is 14.8. The summed E-state index contributed by atoms with van der Waals surface area (Å²) in [7, 11) is 0. The number of nitrogens with zero attached hydrogens (tertiary/aromatic N) is 1. The monoisotopic (exact) mass is 285 g/mol. The van der Waals surface area contributed by atoms with Gasteiger partial charge in [0.15, 0.2) is 0 Å². The van der Waals surface area contributed by atoms with Crippen LogP contribution in [0.4, 0.5) is 8.78 Å². The van der Waals surface area contributed by atoms with Crippen molar-refractivity contribution in [2.24, 2.45) is 0 Å². The number of aliphatic hydroxyl groups excluding tert-OH is 1. The number of benzene rings is 2. The quantitative estimate of drug-likeness (QED) is 0.794. The van der Waals surface area contributed by atoms with Crippen LogP contribution < -0.4 is 0 Å². The highest BCUT2D eigenvalue weighted by Crippen LogP contribution is 2.25. The third-order valence-electron chi connectivity index (χ3n) is 3.39. The predicted molar refractivity (Wildman–Crippen MR) is 76.8 cm³/mol. The van der Waals surface area contributed by atoms with E-state index in [0.29, 0.717) is 11.1 Å². The maximum atomic E-state index is 13.2. The molecule has 0 saturated carbocycles. The normalized spacial score (nSPS) is 12.5. The summed E-state index contributed by atoms with van der Waals surface area (Å²) in [5, 5.41) is 11.2. The molecule has 1 unspecified atom stereocenters. The van der Waals surface area contributed by atoms with Gasteiger partial charge in [0.1, 0.15) is 11.6 Å². The van der Waals surface area contributed by atoms with Gasteiger partial charge in [-0.3, -0.25) is 4.98 Å². The van der Waals surface area contributed by atoms with Crippen LogP contribution in [-0.2, 0) is 6.42 Å². The lowest BCUT2D eigenvalue weighted by Gasteiger charge is -2.13. The van der Waals surface area contributed by atoms with E-state index in [4.69, 9.17) is 0 Å². The predicted octanol–water partition coefficient (Wildman–Crippen LogP) is 3.79. The molecule has 0 fully saturated rings. The van der Waals surface area contributed by atoms with Crippen LogP contribution in [0.5, 0.6) is 0 Å². The second-order valence-electron chi connectivity index (χ2n) is 4.91. The smallest absolute Gasteiger partial charge is 0.126 e. The van der Waals surface area contributed by atoms with Crippen LogP contribution in [0.1, 0.15) is 17.2 Å². The van der Waals surface area contributed by atoms with E-state index in [1.807, 2.05) is 24.3 Å². The maximum Gasteiger partial charge on any atom is 0.126 e. The first-order valence-electron chi connectivity index (χ1n) is 6.60. The molecule has 1 atom stereocenters. The molecule has 4 heteroatoms. The van der Waals surface area contributed by atoms with Gasteiger partial charge in [-0.2, -0.15) is 0 Å². The molecule has 0 aliphatic carbocycles. The maximum absolute atomic E-state index is 13.2. The summed E-state index contributed by atoms with van der Waals surface area (Å²) in [5.41, 5.74) is 1.89. The van der Waals surface area contributed by atoms with Crippen LogP contribution in [0, 0.1) is 11.6 Å². The van der Waals surface area contributed by atoms with E-state index in [-0.39, 0.29) is 6.42 Å². The van der Waals surface area contributed by atoms with Crippen molar-refractivity contribution < 1.29 is 13.9 Å². The zero-order valence-electron chi connectivity index (χ0n) is 11.1. The molecule has 0 aliphatic rings. The van der Waals surface area contributed by atoms with Gasteiger partial charge in [-0.15, -0.1) is 0 Å². The molecule has 0 aliphatic heterocycles. The van der Waals surface area contributed by atoms with Crippen LogP contribution in [0.15, 0.2) is 54.7 Å². The number of fused-ring (bicyclic) bond motifs is 1. The van der Waals surface area contributed by atoms with E-state index in [1.165, 1.54) is 12.1 Å². The van der Waals surface area contributed by atoms with Crippen LogP contribution in [0.25, 0.3) is 10.9 Å². The third kappa shape index (κ3) is 2.90. The molecule has 106 valence electrons. The van der Waals surface area contributed by atoms with Crippen molar-refractivity contribution in [3.63, 3.8) is 0 Å². The molecular weight excluding hydrogens is 272 g/mol. The SMILES string of the molecule is OC(Cc1cc(F)cc(F)c1)c1ccnc2ccccc12. The van der Waals surface area contributed by atoms with E-state index in [2.05, 4.69) is 4.98 Å². The van der Waals surface area contributed by atoms with Gasteiger partial charge in [-0.05, 0) is 35.4 Å². The fourth-order valence-corrected chi connectivity index (χ4v) is 2.47. The van der Waals surface area contributed by atoms with Crippen molar-refractivity contribution in [2.75, 3.05) is 0 Å². The molecule has 2 nitrogen and oxygen atoms in total. The van der Waals surface area contributed by atoms with Gasteiger partial charge in [-0.1, -0.05) is 18.2 Å². The molecule has 0 radical (unpaired) electrons. The van der Waals surface area contributed by atoms with Crippen molar-refractivity contribution in [3.8, 4) is 0 Å². The first-order chi connectivity index (χ1) is 10.1. The van der Waals surface area contributed by atoms with Crippen molar-refractivity contribution in [3.05, 3.63) is 77.5 Å². The molecule has 0 spiro atoms. The van der Waals surface area contributed by atoms with E-state index < -0.39 is 17.7 Å². The number of pyridine rings is 1. The Bertz CT molecular complexity index is 763. The minimum Gasteiger partial charge on any atom is -0.388 e. The van der Waals surface area contributed by atoms with Crippen molar-refractivity contribution >= 4 is 10.9 Å². The minimum absolute atomic E-state index is 0.142. The molecule has 3 aromatic rings. The first kappa shape index (κ1) is 13.6. The lowest BCUT2D eigenvalue weighted by atomic mass is 9.98. The Morgan fingerprint density at radius 1 is 1.00 bits per heavy atom. The van der Waals surface area contributed by atoms with Gasteiger partial charge in [0, 0.05) is 24.1 Å². The fraction of sp³-hybridized carbons (Fsp3) is 0.118. The number of aliphatic hydroxyl groups is 1. The highest BCUT2D eigenvalue weighted by molar-refractivity contribution is 5.82. The topological polar surface area (TPSA) is 33.1 Å². The molecule has 2 aromatic carbocycles. The van der Waals surface area contributed by atoms with Gasteiger partial charge in [0.2, 0.25) is 0 Å². The number of hydrogen-bond acceptors (Lipinski definition) is 2. The number of rotatable bonds is 3. The summed E-state index contributed by atoms with van der Waals surface area (Å²) in [5.74, 6) is -1.28. The van der Waals surface area contributed by atoms with Gasteiger partial charge >= 0.3 is 0 Å². The summed E-state index contributed by atoms with van der Waals surface area (Å²) in [6, 6.07) is 12.5. The molecular formula is C17H13F2NO. The van der Waals surface area contributed by atoms with Crippen molar-refractivity contribution in [1.29, 1.82) is 0 Å². The number of halogens is 2. The number of aromatic nitrogens is 1. The third-order valence-corrected chi connectivity index (χ3v) is 3.39. The van der Waals surface area contributed by atoms with E-state index in [0.717, 1.165) is 17.0 Å². The van der Waals surface area contributed by atoms with Gasteiger partial charge in [-0.25, -0.2) is 8.78 Å². The lowest BCUT2D eigenvalue weighted by Crippen LogP contribution is -2.04. The Kier molecular flexibility index (Phi) is 3.62. The molecule has 3 rings (SSSR count). The number of hydrogen-bond donors (Lipinski definition) is 1. The summed E-state index contributed by atoms with van der Waals surface area (Å²) >= 11 is 0. The Labute approximate surface area is 120 Å². The molecule has 0 saturated heterocycles.